The van der Waals surface area contributed by atoms with Crippen molar-refractivity contribution >= 4 is 17.6 Å². The summed E-state index contributed by atoms with van der Waals surface area (Å²) in [7, 11) is 4.71. The van der Waals surface area contributed by atoms with Crippen LogP contribution in [0.25, 0.3) is 11.6 Å². The van der Waals surface area contributed by atoms with Crippen molar-refractivity contribution in [2.75, 3.05) is 27.9 Å². The van der Waals surface area contributed by atoms with Gasteiger partial charge in [-0.1, -0.05) is 60.1 Å². The molecule has 0 aromatic heterocycles. The molecular formula is C49H66O10. The van der Waals surface area contributed by atoms with Crippen LogP contribution in [0.4, 0.5) is 0 Å². The summed E-state index contributed by atoms with van der Waals surface area (Å²) < 4.78 is 27.5. The van der Waals surface area contributed by atoms with Crippen LogP contribution >= 0.6 is 0 Å². The molecule has 7 aliphatic rings. The van der Waals surface area contributed by atoms with Gasteiger partial charge >= 0.3 is 5.97 Å². The number of aliphatic hydroxyl groups excluding tert-OH is 2. The molecule has 0 spiro atoms. The third-order valence-corrected chi connectivity index (χ3v) is 17.5. The molecule has 2 aromatic rings. The smallest absolute Gasteiger partial charge is 0.312 e. The van der Waals surface area contributed by atoms with Gasteiger partial charge in [0.2, 0.25) is 0 Å². The van der Waals surface area contributed by atoms with E-state index in [4.69, 9.17) is 23.7 Å². The minimum Gasteiger partial charge on any atom is -0.497 e. The summed E-state index contributed by atoms with van der Waals surface area (Å²) in [6, 6.07) is 9.00. The standard InChI is InChI=1S/C30H48O4.C19H18O6/c1-25(2)14-15-30(24(33)34)19(16-25)18-8-9-21-27(5)12-11-22(31)26(3,4)20(27)10-13-28(21,6)29(18,7)17-23(30)32;1-21-12-5-4-11-6-14-13-8-17(22-2)18(23-3)9-16(13)24-10-19(14,20)25-15(11)7-12/h8,19-23,31-32H,9-17H2,1-7H3,(H,33,34);4-9,20H,10H2,1-3H3. The minimum absolute atomic E-state index is 0.0218. The highest BCUT2D eigenvalue weighted by Crippen LogP contribution is 2.75. The van der Waals surface area contributed by atoms with Crippen LogP contribution in [0, 0.1) is 50.2 Å². The van der Waals surface area contributed by atoms with Gasteiger partial charge in [-0.05, 0) is 127 Å². The molecule has 9 rings (SSSR count). The number of fused-ring (bicyclic) bond motifs is 11. The van der Waals surface area contributed by atoms with Crippen molar-refractivity contribution in [3.63, 3.8) is 0 Å². The van der Waals surface area contributed by atoms with Gasteiger partial charge in [0, 0.05) is 28.8 Å². The maximum Gasteiger partial charge on any atom is 0.312 e. The van der Waals surface area contributed by atoms with Crippen LogP contribution in [0.5, 0.6) is 28.7 Å². The summed E-state index contributed by atoms with van der Waals surface area (Å²) >= 11 is 0. The van der Waals surface area contributed by atoms with E-state index in [0.29, 0.717) is 64.6 Å². The Morgan fingerprint density at radius 1 is 0.797 bits per heavy atom. The highest BCUT2D eigenvalue weighted by atomic mass is 16.7. The topological polar surface area (TPSA) is 144 Å². The fourth-order valence-corrected chi connectivity index (χ4v) is 13.8. The van der Waals surface area contributed by atoms with Gasteiger partial charge in [-0.15, -0.1) is 0 Å². The first kappa shape index (κ1) is 42.0. The Morgan fingerprint density at radius 3 is 2.19 bits per heavy atom. The van der Waals surface area contributed by atoms with Gasteiger partial charge in [-0.25, -0.2) is 0 Å². The number of allylic oxidation sites excluding steroid dienone is 2. The van der Waals surface area contributed by atoms with Crippen molar-refractivity contribution in [3.8, 4) is 28.7 Å². The zero-order valence-corrected chi connectivity index (χ0v) is 36.7. The number of benzene rings is 2. The number of methoxy groups -OCH3 is 3. The van der Waals surface area contributed by atoms with Crippen molar-refractivity contribution in [1.29, 1.82) is 0 Å². The quantitative estimate of drug-likeness (QED) is 0.221. The lowest BCUT2D eigenvalue weighted by Gasteiger charge is -2.71. The Kier molecular flexibility index (Phi) is 9.89. The molecule has 10 unspecified atom stereocenters. The van der Waals surface area contributed by atoms with E-state index >= 15 is 0 Å². The number of hydrogen-bond donors (Lipinski definition) is 4. The van der Waals surface area contributed by atoms with Crippen LogP contribution in [-0.4, -0.2) is 72.3 Å². The molecule has 5 aliphatic carbocycles. The Morgan fingerprint density at radius 2 is 1.51 bits per heavy atom. The second-order valence-corrected chi connectivity index (χ2v) is 21.0. The first-order valence-electron chi connectivity index (χ1n) is 21.6. The summed E-state index contributed by atoms with van der Waals surface area (Å²) in [6.07, 6.45) is 11.2. The second kappa shape index (κ2) is 13.9. The average molecular weight is 815 g/mol. The van der Waals surface area contributed by atoms with E-state index in [1.165, 1.54) is 5.57 Å². The van der Waals surface area contributed by atoms with E-state index in [2.05, 4.69) is 54.5 Å². The molecule has 0 amide bonds. The first-order chi connectivity index (χ1) is 27.6. The van der Waals surface area contributed by atoms with E-state index in [0.717, 1.165) is 50.5 Å². The molecule has 4 fully saturated rings. The lowest BCUT2D eigenvalue weighted by Crippen LogP contribution is -2.67. The molecule has 0 saturated heterocycles. The maximum atomic E-state index is 12.8. The van der Waals surface area contributed by atoms with Gasteiger partial charge in [0.15, 0.2) is 18.1 Å². The molecule has 2 heterocycles. The van der Waals surface area contributed by atoms with Crippen LogP contribution in [0.15, 0.2) is 42.0 Å². The summed E-state index contributed by atoms with van der Waals surface area (Å²) in [5.41, 5.74) is 2.47. The molecular weight excluding hydrogens is 749 g/mol. The van der Waals surface area contributed by atoms with Crippen LogP contribution in [0.2, 0.25) is 0 Å². The van der Waals surface area contributed by atoms with Crippen molar-refractivity contribution in [3.05, 3.63) is 53.1 Å². The minimum atomic E-state index is -1.58. The van der Waals surface area contributed by atoms with E-state index in [-0.39, 0.29) is 45.7 Å². The van der Waals surface area contributed by atoms with Crippen LogP contribution in [-0.2, 0) is 4.79 Å². The summed E-state index contributed by atoms with van der Waals surface area (Å²) in [5.74, 6) is 1.43. The Hall–Kier alpha value is -3.73. The van der Waals surface area contributed by atoms with Crippen molar-refractivity contribution in [2.45, 2.75) is 124 Å². The van der Waals surface area contributed by atoms with E-state index < -0.39 is 23.3 Å². The fraction of sp³-hybridized carbons (Fsp3) is 0.653. The summed E-state index contributed by atoms with van der Waals surface area (Å²) in [5, 5.41) is 44.1. The Bertz CT molecular complexity index is 2090. The third-order valence-electron chi connectivity index (χ3n) is 17.5. The Balaban J connectivity index is 0.000000172. The molecule has 2 aromatic carbocycles. The number of carboxylic acid groups (broad SMARTS) is 1. The second-order valence-electron chi connectivity index (χ2n) is 21.0. The third kappa shape index (κ3) is 5.99. The van der Waals surface area contributed by atoms with E-state index in [1.807, 2.05) is 18.2 Å². The number of rotatable bonds is 4. The largest absolute Gasteiger partial charge is 0.497 e. The average Bonchev–Trinajstić information content (AvgIpc) is 3.18. The van der Waals surface area contributed by atoms with Gasteiger partial charge in [0.05, 0.1) is 33.5 Å². The molecule has 59 heavy (non-hydrogen) atoms. The first-order valence-corrected chi connectivity index (χ1v) is 21.6. The van der Waals surface area contributed by atoms with Gasteiger partial charge in [-0.2, -0.15) is 0 Å². The molecule has 10 heteroatoms. The molecule has 2 aliphatic heterocycles. The molecule has 0 bridgehead atoms. The number of carboxylic acids is 1. The zero-order chi connectivity index (χ0) is 42.7. The predicted molar refractivity (Wildman–Crippen MR) is 226 cm³/mol. The highest BCUT2D eigenvalue weighted by molar-refractivity contribution is 5.92. The van der Waals surface area contributed by atoms with Crippen molar-refractivity contribution in [1.82, 2.24) is 0 Å². The molecule has 322 valence electrons. The summed E-state index contributed by atoms with van der Waals surface area (Å²) in [6.45, 7) is 16.4. The lowest BCUT2D eigenvalue weighted by atomic mass is 9.33. The van der Waals surface area contributed by atoms with E-state index in [9.17, 15) is 25.2 Å². The number of hydrogen-bond acceptors (Lipinski definition) is 9. The van der Waals surface area contributed by atoms with Crippen molar-refractivity contribution < 1.29 is 48.9 Å². The van der Waals surface area contributed by atoms with Crippen LogP contribution < -0.4 is 23.7 Å². The highest BCUT2D eigenvalue weighted by Gasteiger charge is 2.71. The van der Waals surface area contributed by atoms with Gasteiger partial charge in [0.25, 0.3) is 5.79 Å². The van der Waals surface area contributed by atoms with E-state index in [1.54, 1.807) is 39.5 Å². The van der Waals surface area contributed by atoms with Crippen LogP contribution in [0.3, 0.4) is 0 Å². The predicted octanol–water partition coefficient (Wildman–Crippen LogP) is 8.93. The van der Waals surface area contributed by atoms with Gasteiger partial charge in [0.1, 0.15) is 22.7 Å². The number of ether oxygens (including phenoxy) is 5. The zero-order valence-electron chi connectivity index (χ0n) is 36.7. The molecule has 10 nitrogen and oxygen atoms in total. The normalized spacial score (nSPS) is 39.3. The molecule has 10 atom stereocenters. The monoisotopic (exact) mass is 814 g/mol. The van der Waals surface area contributed by atoms with Gasteiger partial charge < -0.3 is 44.1 Å². The Labute approximate surface area is 349 Å². The SMILES string of the molecule is CC1(C)CCC2(C(=O)O)C(O)CC3(C)C(=CCC4C5(C)CCC(O)C(C)(C)C5CCC43C)C2C1.COc1ccc2c(c1)OC1(O)COc3cc(OC)c(OC)cc3C1=C2. The number of aliphatic hydroxyl groups is 3. The van der Waals surface area contributed by atoms with Crippen LogP contribution in [0.1, 0.15) is 117 Å². The molecule has 4 saturated carbocycles. The fourth-order valence-electron chi connectivity index (χ4n) is 13.8. The van der Waals surface area contributed by atoms with Gasteiger partial charge in [-0.3, -0.25) is 4.79 Å². The summed E-state index contributed by atoms with van der Waals surface area (Å²) in [4.78, 5) is 12.8. The lowest BCUT2D eigenvalue weighted by molar-refractivity contribution is -0.218. The number of aliphatic carboxylic acids is 1. The van der Waals surface area contributed by atoms with Crippen molar-refractivity contribution in [2.24, 2.45) is 50.2 Å². The number of carbonyl (C=O) groups is 1. The maximum absolute atomic E-state index is 12.8. The molecule has 4 N–H and O–H groups in total. The molecule has 0 radical (unpaired) electrons.